The first kappa shape index (κ1) is 17.8. The van der Waals surface area contributed by atoms with Crippen LogP contribution in [0.25, 0.3) is 0 Å². The van der Waals surface area contributed by atoms with E-state index in [-0.39, 0.29) is 5.91 Å². The van der Waals surface area contributed by atoms with Gasteiger partial charge in [-0.05, 0) is 60.5 Å². The molecule has 0 saturated heterocycles. The highest BCUT2D eigenvalue weighted by Gasteiger charge is 2.06. The average molecular weight is 367 g/mol. The number of nitrogens with one attached hydrogen (secondary N) is 2. The quantitative estimate of drug-likeness (QED) is 0.629. The molecule has 26 heavy (non-hydrogen) atoms. The van der Waals surface area contributed by atoms with E-state index in [0.717, 1.165) is 22.5 Å². The number of rotatable bonds is 5. The summed E-state index contributed by atoms with van der Waals surface area (Å²) in [5, 5.41) is 6.82. The van der Waals surface area contributed by atoms with Crippen molar-refractivity contribution in [3.05, 3.63) is 82.5 Å². The van der Waals surface area contributed by atoms with Crippen LogP contribution in [0.1, 0.15) is 21.5 Å². The van der Waals surface area contributed by atoms with Gasteiger partial charge in [0.15, 0.2) is 0 Å². The molecule has 0 saturated carbocycles. The third-order valence-corrected chi connectivity index (χ3v) is 4.17. The van der Waals surface area contributed by atoms with Gasteiger partial charge in [-0.25, -0.2) is 4.98 Å². The van der Waals surface area contributed by atoms with E-state index in [2.05, 4.69) is 15.6 Å². The number of carbonyl (C=O) groups excluding carboxylic acids is 1. The van der Waals surface area contributed by atoms with Gasteiger partial charge in [-0.15, -0.1) is 0 Å². The largest absolute Gasteiger partial charge is 0.384 e. The normalized spacial score (nSPS) is 10.4. The number of benzene rings is 2. The van der Waals surface area contributed by atoms with Crippen molar-refractivity contribution in [1.29, 1.82) is 0 Å². The molecule has 0 atom stereocenters. The standard InChI is InChI=1S/C20H19ClN4O/c1-13-10-14(11-24-20(26)15-3-5-16(21)6-4-15)2-8-18(13)25-17-7-9-19(22)23-12-17/h2-10,12,25H,11H2,1H3,(H2,22,23)(H,24,26). The van der Waals surface area contributed by atoms with Crippen LogP contribution >= 0.6 is 11.6 Å². The molecular weight excluding hydrogens is 348 g/mol. The number of amides is 1. The number of hydrogen-bond donors (Lipinski definition) is 3. The van der Waals surface area contributed by atoms with Gasteiger partial charge in [0.1, 0.15) is 5.82 Å². The second kappa shape index (κ2) is 7.89. The van der Waals surface area contributed by atoms with Crippen molar-refractivity contribution >= 4 is 34.7 Å². The average Bonchev–Trinajstić information content (AvgIpc) is 2.64. The first-order valence-electron chi connectivity index (χ1n) is 8.13. The number of nitrogens with two attached hydrogens (primary N) is 1. The maximum absolute atomic E-state index is 12.2. The Morgan fingerprint density at radius 2 is 1.88 bits per heavy atom. The van der Waals surface area contributed by atoms with Crippen molar-refractivity contribution in [2.75, 3.05) is 11.1 Å². The van der Waals surface area contributed by atoms with Crippen molar-refractivity contribution in [1.82, 2.24) is 10.3 Å². The van der Waals surface area contributed by atoms with Crippen LogP contribution in [0.3, 0.4) is 0 Å². The number of aryl methyl sites for hydroxylation is 1. The van der Waals surface area contributed by atoms with Crippen LogP contribution in [-0.4, -0.2) is 10.9 Å². The number of nitrogens with zero attached hydrogens (tertiary/aromatic N) is 1. The monoisotopic (exact) mass is 366 g/mol. The summed E-state index contributed by atoms with van der Waals surface area (Å²) in [6.07, 6.45) is 1.69. The van der Waals surface area contributed by atoms with E-state index in [9.17, 15) is 4.79 Å². The molecule has 0 aliphatic carbocycles. The van der Waals surface area contributed by atoms with Crippen molar-refractivity contribution in [3.63, 3.8) is 0 Å². The summed E-state index contributed by atoms with van der Waals surface area (Å²) in [5.41, 5.74) is 10.1. The molecule has 3 rings (SSSR count). The van der Waals surface area contributed by atoms with Crippen LogP contribution in [-0.2, 0) is 6.54 Å². The molecule has 0 spiro atoms. The van der Waals surface area contributed by atoms with Crippen LogP contribution in [0.4, 0.5) is 17.2 Å². The van der Waals surface area contributed by atoms with Crippen molar-refractivity contribution in [2.45, 2.75) is 13.5 Å². The summed E-state index contributed by atoms with van der Waals surface area (Å²) in [7, 11) is 0. The Bertz CT molecular complexity index is 908. The van der Waals surface area contributed by atoms with E-state index in [1.807, 2.05) is 31.2 Å². The third kappa shape index (κ3) is 4.52. The Morgan fingerprint density at radius 1 is 1.12 bits per heavy atom. The predicted octanol–water partition coefficient (Wildman–Crippen LogP) is 4.30. The fraction of sp³-hybridized carbons (Fsp3) is 0.100. The zero-order valence-electron chi connectivity index (χ0n) is 14.3. The third-order valence-electron chi connectivity index (χ3n) is 3.92. The van der Waals surface area contributed by atoms with E-state index in [1.54, 1.807) is 36.5 Å². The van der Waals surface area contributed by atoms with Gasteiger partial charge in [-0.2, -0.15) is 0 Å². The van der Waals surface area contributed by atoms with Crippen LogP contribution in [0.15, 0.2) is 60.8 Å². The molecule has 1 aromatic heterocycles. The minimum absolute atomic E-state index is 0.130. The number of nitrogen functional groups attached to an aromatic ring is 1. The molecule has 1 amide bonds. The van der Waals surface area contributed by atoms with Gasteiger partial charge >= 0.3 is 0 Å². The second-order valence-corrected chi connectivity index (χ2v) is 6.37. The van der Waals surface area contributed by atoms with Crippen LogP contribution in [0, 0.1) is 6.92 Å². The molecule has 132 valence electrons. The minimum Gasteiger partial charge on any atom is -0.384 e. The first-order valence-corrected chi connectivity index (χ1v) is 8.51. The Morgan fingerprint density at radius 3 is 2.54 bits per heavy atom. The molecule has 6 heteroatoms. The Hall–Kier alpha value is -3.05. The number of hydrogen-bond acceptors (Lipinski definition) is 4. The number of carbonyl (C=O) groups is 1. The summed E-state index contributed by atoms with van der Waals surface area (Å²) >= 11 is 5.84. The van der Waals surface area contributed by atoms with Gasteiger partial charge < -0.3 is 16.4 Å². The zero-order chi connectivity index (χ0) is 18.5. The van der Waals surface area contributed by atoms with Crippen molar-refractivity contribution in [3.8, 4) is 0 Å². The van der Waals surface area contributed by atoms with E-state index in [1.165, 1.54) is 0 Å². The van der Waals surface area contributed by atoms with E-state index < -0.39 is 0 Å². The summed E-state index contributed by atoms with van der Waals surface area (Å²) in [4.78, 5) is 16.2. The Kier molecular flexibility index (Phi) is 5.39. The summed E-state index contributed by atoms with van der Waals surface area (Å²) < 4.78 is 0. The molecule has 0 bridgehead atoms. The number of pyridine rings is 1. The molecule has 3 aromatic rings. The predicted molar refractivity (Wildman–Crippen MR) is 106 cm³/mol. The summed E-state index contributed by atoms with van der Waals surface area (Å²) in [6, 6.07) is 16.4. The van der Waals surface area contributed by atoms with Crippen molar-refractivity contribution in [2.24, 2.45) is 0 Å². The first-order chi connectivity index (χ1) is 12.5. The highest BCUT2D eigenvalue weighted by molar-refractivity contribution is 6.30. The lowest BCUT2D eigenvalue weighted by Crippen LogP contribution is -2.22. The molecule has 5 nitrogen and oxygen atoms in total. The number of halogens is 1. The van der Waals surface area contributed by atoms with Gasteiger partial charge in [-0.1, -0.05) is 23.7 Å². The molecule has 1 heterocycles. The molecule has 0 aliphatic rings. The molecule has 0 unspecified atom stereocenters. The maximum Gasteiger partial charge on any atom is 0.251 e. The fourth-order valence-corrected chi connectivity index (χ4v) is 2.62. The fourth-order valence-electron chi connectivity index (χ4n) is 2.50. The molecule has 2 aromatic carbocycles. The van der Waals surface area contributed by atoms with Gasteiger partial charge in [0.25, 0.3) is 5.91 Å². The zero-order valence-corrected chi connectivity index (χ0v) is 15.0. The Balaban J connectivity index is 1.62. The molecule has 0 radical (unpaired) electrons. The van der Waals surface area contributed by atoms with Crippen LogP contribution < -0.4 is 16.4 Å². The summed E-state index contributed by atoms with van der Waals surface area (Å²) in [6.45, 7) is 2.46. The van der Waals surface area contributed by atoms with Gasteiger partial charge in [-0.3, -0.25) is 4.79 Å². The Labute approximate surface area is 157 Å². The maximum atomic E-state index is 12.2. The lowest BCUT2D eigenvalue weighted by atomic mass is 10.1. The van der Waals surface area contributed by atoms with Gasteiger partial charge in [0.05, 0.1) is 11.9 Å². The molecule has 0 aliphatic heterocycles. The molecule has 4 N–H and O–H groups in total. The topological polar surface area (TPSA) is 80.0 Å². The minimum atomic E-state index is -0.130. The SMILES string of the molecule is Cc1cc(CNC(=O)c2ccc(Cl)cc2)ccc1Nc1ccc(N)nc1. The highest BCUT2D eigenvalue weighted by Crippen LogP contribution is 2.21. The molecule has 0 fully saturated rings. The van der Waals surface area contributed by atoms with Gasteiger partial charge in [0, 0.05) is 22.8 Å². The summed E-state index contributed by atoms with van der Waals surface area (Å²) in [5.74, 6) is 0.355. The van der Waals surface area contributed by atoms with Crippen LogP contribution in [0.2, 0.25) is 5.02 Å². The van der Waals surface area contributed by atoms with E-state index in [4.69, 9.17) is 17.3 Å². The highest BCUT2D eigenvalue weighted by atomic mass is 35.5. The molecular formula is C20H19ClN4O. The lowest BCUT2D eigenvalue weighted by Gasteiger charge is -2.12. The lowest BCUT2D eigenvalue weighted by molar-refractivity contribution is 0.0951. The van der Waals surface area contributed by atoms with Crippen molar-refractivity contribution < 1.29 is 4.79 Å². The number of aromatic nitrogens is 1. The van der Waals surface area contributed by atoms with Gasteiger partial charge in [0.2, 0.25) is 0 Å². The number of anilines is 3. The van der Waals surface area contributed by atoms with E-state index in [0.29, 0.717) is 22.9 Å². The van der Waals surface area contributed by atoms with Crippen LogP contribution in [0.5, 0.6) is 0 Å². The van der Waals surface area contributed by atoms with E-state index >= 15 is 0 Å². The second-order valence-electron chi connectivity index (χ2n) is 5.94. The smallest absolute Gasteiger partial charge is 0.251 e.